The fourth-order valence-electron chi connectivity index (χ4n) is 4.16. The predicted molar refractivity (Wildman–Crippen MR) is 121 cm³/mol. The molecule has 1 aliphatic rings. The first-order chi connectivity index (χ1) is 15.2. The summed E-state index contributed by atoms with van der Waals surface area (Å²) < 4.78 is 16.7. The molecule has 0 saturated heterocycles. The van der Waals surface area contributed by atoms with E-state index in [9.17, 15) is 5.11 Å². The van der Waals surface area contributed by atoms with Crippen LogP contribution in [0.1, 0.15) is 11.1 Å². The number of fused-ring (bicyclic) bond motifs is 1. The van der Waals surface area contributed by atoms with Crippen LogP contribution in [0.15, 0.2) is 66.7 Å². The third kappa shape index (κ3) is 5.19. The Bertz CT molecular complexity index is 988. The molecule has 0 amide bonds. The van der Waals surface area contributed by atoms with Gasteiger partial charge >= 0.3 is 0 Å². The normalized spacial score (nSPS) is 16.3. The van der Waals surface area contributed by atoms with Crippen molar-refractivity contribution in [3.8, 4) is 28.4 Å². The van der Waals surface area contributed by atoms with Crippen LogP contribution in [0.3, 0.4) is 0 Å². The van der Waals surface area contributed by atoms with Crippen LogP contribution >= 0.6 is 0 Å². The Kier molecular flexibility index (Phi) is 6.75. The van der Waals surface area contributed by atoms with Crippen molar-refractivity contribution in [2.75, 3.05) is 33.9 Å². The average molecular weight is 421 g/mol. The molecule has 2 N–H and O–H groups in total. The smallest absolute Gasteiger partial charge is 0.161 e. The van der Waals surface area contributed by atoms with Gasteiger partial charge in [-0.05, 0) is 41.0 Å². The lowest BCUT2D eigenvalue weighted by molar-refractivity contribution is -0.918. The van der Waals surface area contributed by atoms with Crippen molar-refractivity contribution in [3.05, 3.63) is 77.9 Å². The molecule has 1 unspecified atom stereocenters. The number of benzene rings is 3. The molecule has 4 rings (SSSR count). The van der Waals surface area contributed by atoms with E-state index in [1.54, 1.807) is 14.2 Å². The second kappa shape index (κ2) is 9.86. The third-order valence-electron chi connectivity index (χ3n) is 5.82. The summed E-state index contributed by atoms with van der Waals surface area (Å²) in [7, 11) is 3.32. The van der Waals surface area contributed by atoms with Crippen molar-refractivity contribution >= 4 is 0 Å². The Morgan fingerprint density at radius 1 is 0.871 bits per heavy atom. The van der Waals surface area contributed by atoms with Gasteiger partial charge in [-0.2, -0.15) is 0 Å². The highest BCUT2D eigenvalue weighted by molar-refractivity contribution is 5.63. The molecular formula is C26H30NO4+. The predicted octanol–water partition coefficient (Wildman–Crippen LogP) is 2.75. The zero-order valence-corrected chi connectivity index (χ0v) is 18.1. The molecule has 0 bridgehead atoms. The largest absolute Gasteiger partial charge is 0.493 e. The van der Waals surface area contributed by atoms with Crippen molar-refractivity contribution < 1.29 is 24.2 Å². The van der Waals surface area contributed by atoms with Crippen LogP contribution < -0.4 is 19.1 Å². The lowest BCUT2D eigenvalue weighted by Crippen LogP contribution is -3.13. The number of methoxy groups -OCH3 is 2. The van der Waals surface area contributed by atoms with Gasteiger partial charge in [0.2, 0.25) is 0 Å². The number of rotatable bonds is 8. The van der Waals surface area contributed by atoms with Crippen molar-refractivity contribution in [1.29, 1.82) is 0 Å². The van der Waals surface area contributed by atoms with Gasteiger partial charge in [0.1, 0.15) is 31.5 Å². The molecule has 1 heterocycles. The number of hydrogen-bond donors (Lipinski definition) is 2. The molecule has 0 aromatic heterocycles. The van der Waals surface area contributed by atoms with Crippen molar-refractivity contribution in [1.82, 2.24) is 0 Å². The van der Waals surface area contributed by atoms with Gasteiger partial charge in [-0.3, -0.25) is 0 Å². The summed E-state index contributed by atoms with van der Waals surface area (Å²) >= 11 is 0. The van der Waals surface area contributed by atoms with E-state index >= 15 is 0 Å². The second-order valence-electron chi connectivity index (χ2n) is 7.96. The summed E-state index contributed by atoms with van der Waals surface area (Å²) in [6, 6.07) is 22.4. The Morgan fingerprint density at radius 2 is 1.52 bits per heavy atom. The second-order valence-corrected chi connectivity index (χ2v) is 7.96. The Balaban J connectivity index is 1.30. The first kappa shape index (κ1) is 21.2. The maximum absolute atomic E-state index is 10.5. The molecule has 2 atom stereocenters. The van der Waals surface area contributed by atoms with Crippen LogP contribution in [0, 0.1) is 0 Å². The van der Waals surface area contributed by atoms with Gasteiger partial charge in [-0.1, -0.05) is 42.5 Å². The van der Waals surface area contributed by atoms with Crippen molar-refractivity contribution in [2.24, 2.45) is 0 Å². The van der Waals surface area contributed by atoms with Gasteiger partial charge in [0.15, 0.2) is 11.5 Å². The molecule has 0 spiro atoms. The average Bonchev–Trinajstić information content (AvgIpc) is 2.82. The summed E-state index contributed by atoms with van der Waals surface area (Å²) in [4.78, 5) is 1.34. The fourth-order valence-corrected chi connectivity index (χ4v) is 4.16. The van der Waals surface area contributed by atoms with E-state index in [-0.39, 0.29) is 6.61 Å². The first-order valence-corrected chi connectivity index (χ1v) is 10.7. The minimum atomic E-state index is -0.523. The van der Waals surface area contributed by atoms with E-state index in [0.717, 1.165) is 42.3 Å². The minimum Gasteiger partial charge on any atom is -0.493 e. The van der Waals surface area contributed by atoms with Gasteiger partial charge in [0.05, 0.1) is 20.8 Å². The van der Waals surface area contributed by atoms with E-state index < -0.39 is 6.10 Å². The molecule has 0 aliphatic carbocycles. The van der Waals surface area contributed by atoms with E-state index in [1.807, 2.05) is 42.5 Å². The van der Waals surface area contributed by atoms with Crippen LogP contribution in [-0.2, 0) is 13.0 Å². The van der Waals surface area contributed by atoms with E-state index in [1.165, 1.54) is 21.6 Å². The summed E-state index contributed by atoms with van der Waals surface area (Å²) in [5, 5.41) is 10.5. The van der Waals surface area contributed by atoms with Gasteiger partial charge < -0.3 is 24.2 Å². The SMILES string of the molecule is COc1cc2c(cc1OC)C[NH+](C[C@@H](O)COc1ccc(-c3ccccc3)cc1)CC2. The number of quaternary nitrogens is 1. The quantitative estimate of drug-likeness (QED) is 0.589. The van der Waals surface area contributed by atoms with Crippen LogP contribution in [0.5, 0.6) is 17.2 Å². The van der Waals surface area contributed by atoms with Crippen molar-refractivity contribution in [3.63, 3.8) is 0 Å². The van der Waals surface area contributed by atoms with Crippen LogP contribution in [0.2, 0.25) is 0 Å². The Morgan fingerprint density at radius 3 is 2.19 bits per heavy atom. The molecular weight excluding hydrogens is 390 g/mol. The lowest BCUT2D eigenvalue weighted by Gasteiger charge is -2.28. The Labute approximate surface area is 183 Å². The number of aliphatic hydroxyl groups is 1. The summed E-state index contributed by atoms with van der Waals surface area (Å²) in [5.74, 6) is 2.30. The first-order valence-electron chi connectivity index (χ1n) is 10.7. The molecule has 1 aliphatic heterocycles. The van der Waals surface area contributed by atoms with Gasteiger partial charge in [0.25, 0.3) is 0 Å². The molecule has 31 heavy (non-hydrogen) atoms. The molecule has 0 radical (unpaired) electrons. The van der Waals surface area contributed by atoms with Crippen LogP contribution in [0.4, 0.5) is 0 Å². The number of aliphatic hydroxyl groups excluding tert-OH is 1. The zero-order chi connectivity index (χ0) is 21.6. The van der Waals surface area contributed by atoms with Crippen molar-refractivity contribution in [2.45, 2.75) is 19.1 Å². The van der Waals surface area contributed by atoms with E-state index in [0.29, 0.717) is 6.54 Å². The highest BCUT2D eigenvalue weighted by Crippen LogP contribution is 2.31. The highest BCUT2D eigenvalue weighted by Gasteiger charge is 2.24. The topological polar surface area (TPSA) is 52.4 Å². The van der Waals surface area contributed by atoms with Gasteiger partial charge in [0, 0.05) is 12.0 Å². The maximum atomic E-state index is 10.5. The fraction of sp³-hybridized carbons (Fsp3) is 0.308. The summed E-state index contributed by atoms with van der Waals surface area (Å²) in [6.07, 6.45) is 0.435. The molecule has 5 nitrogen and oxygen atoms in total. The summed E-state index contributed by atoms with van der Waals surface area (Å²) in [5.41, 5.74) is 4.88. The third-order valence-corrected chi connectivity index (χ3v) is 5.82. The number of nitrogens with one attached hydrogen (secondary N) is 1. The van der Waals surface area contributed by atoms with Crippen LogP contribution in [-0.4, -0.2) is 45.1 Å². The lowest BCUT2D eigenvalue weighted by atomic mass is 9.98. The zero-order valence-electron chi connectivity index (χ0n) is 18.1. The number of hydrogen-bond acceptors (Lipinski definition) is 4. The van der Waals surface area contributed by atoms with Gasteiger partial charge in [-0.15, -0.1) is 0 Å². The maximum Gasteiger partial charge on any atom is 0.161 e. The van der Waals surface area contributed by atoms with Gasteiger partial charge in [-0.25, -0.2) is 0 Å². The monoisotopic (exact) mass is 420 g/mol. The molecule has 0 saturated carbocycles. The molecule has 162 valence electrons. The molecule has 3 aromatic rings. The van der Waals surface area contributed by atoms with Crippen LogP contribution in [0.25, 0.3) is 11.1 Å². The van der Waals surface area contributed by atoms with E-state index in [2.05, 4.69) is 24.3 Å². The standard InChI is InChI=1S/C26H29NO4/c1-29-25-14-21-12-13-27(16-22(21)15-26(25)30-2)17-23(28)18-31-24-10-8-20(9-11-24)19-6-4-3-5-7-19/h3-11,14-15,23,28H,12-13,16-18H2,1-2H3/p+1/t23-/m1/s1. The molecule has 0 fully saturated rings. The van der Waals surface area contributed by atoms with E-state index in [4.69, 9.17) is 14.2 Å². The Hall–Kier alpha value is -3.02. The molecule has 5 heteroatoms. The highest BCUT2D eigenvalue weighted by atomic mass is 16.5. The minimum absolute atomic E-state index is 0.285. The summed E-state index contributed by atoms with van der Waals surface area (Å²) in [6.45, 7) is 2.77. The number of ether oxygens (including phenoxy) is 3. The molecule has 3 aromatic carbocycles.